The van der Waals surface area contributed by atoms with Gasteiger partial charge < -0.3 is 15.4 Å². The monoisotopic (exact) mass is 287 g/mol. The Morgan fingerprint density at radius 1 is 1.29 bits per heavy atom. The molecule has 3 N–H and O–H groups in total. The normalized spacial score (nSPS) is 10.2. The summed E-state index contributed by atoms with van der Waals surface area (Å²) in [5.74, 6) is 0.375. The zero-order valence-electron chi connectivity index (χ0n) is 12.1. The first-order valence-corrected chi connectivity index (χ1v) is 6.50. The van der Waals surface area contributed by atoms with Crippen LogP contribution in [0.3, 0.4) is 0 Å². The summed E-state index contributed by atoms with van der Waals surface area (Å²) in [4.78, 5) is 1.84. The highest BCUT2D eigenvalue weighted by atomic mass is 19.1. The van der Waals surface area contributed by atoms with Gasteiger partial charge in [-0.05, 0) is 18.2 Å². The van der Waals surface area contributed by atoms with Crippen molar-refractivity contribution in [2.24, 2.45) is 5.73 Å². The minimum Gasteiger partial charge on any atom is -0.497 e. The van der Waals surface area contributed by atoms with Gasteiger partial charge in [-0.3, -0.25) is 5.41 Å². The summed E-state index contributed by atoms with van der Waals surface area (Å²) >= 11 is 0. The van der Waals surface area contributed by atoms with E-state index in [-0.39, 0.29) is 11.7 Å². The molecule has 0 heterocycles. The van der Waals surface area contributed by atoms with E-state index in [0.717, 1.165) is 5.69 Å². The number of halogens is 1. The molecular formula is C16H18FN3O. The van der Waals surface area contributed by atoms with Gasteiger partial charge in [-0.15, -0.1) is 0 Å². The first-order chi connectivity index (χ1) is 10.0. The molecule has 0 bridgehead atoms. The highest BCUT2D eigenvalue weighted by molar-refractivity contribution is 6.00. The molecule has 0 fully saturated rings. The molecule has 0 saturated carbocycles. The second kappa shape index (κ2) is 6.26. The first-order valence-electron chi connectivity index (χ1n) is 6.50. The van der Waals surface area contributed by atoms with Gasteiger partial charge in [-0.25, -0.2) is 4.39 Å². The van der Waals surface area contributed by atoms with Crippen LogP contribution in [0.2, 0.25) is 0 Å². The molecule has 2 aromatic rings. The van der Waals surface area contributed by atoms with E-state index in [0.29, 0.717) is 23.4 Å². The van der Waals surface area contributed by atoms with Crippen molar-refractivity contribution in [3.8, 4) is 5.75 Å². The third-order valence-electron chi connectivity index (χ3n) is 3.27. The molecule has 2 aromatic carbocycles. The SMILES string of the molecule is COc1ccc(C(=N)N)c(N(C)Cc2ccccc2F)c1. The molecule has 0 amide bonds. The summed E-state index contributed by atoms with van der Waals surface area (Å²) in [5.41, 5.74) is 7.51. The van der Waals surface area contributed by atoms with E-state index < -0.39 is 0 Å². The third kappa shape index (κ3) is 3.31. The molecule has 0 spiro atoms. The van der Waals surface area contributed by atoms with Gasteiger partial charge >= 0.3 is 0 Å². The zero-order valence-corrected chi connectivity index (χ0v) is 12.1. The predicted octanol–water partition coefficient (Wildman–Crippen LogP) is 2.75. The number of rotatable bonds is 5. The number of ether oxygens (including phenoxy) is 1. The molecule has 21 heavy (non-hydrogen) atoms. The van der Waals surface area contributed by atoms with E-state index in [1.165, 1.54) is 6.07 Å². The van der Waals surface area contributed by atoms with Crippen molar-refractivity contribution in [1.29, 1.82) is 5.41 Å². The van der Waals surface area contributed by atoms with Gasteiger partial charge in [0, 0.05) is 30.8 Å². The minimum atomic E-state index is -0.253. The Morgan fingerprint density at radius 2 is 2.00 bits per heavy atom. The van der Waals surface area contributed by atoms with Gasteiger partial charge in [0.1, 0.15) is 17.4 Å². The summed E-state index contributed by atoms with van der Waals surface area (Å²) in [6, 6.07) is 11.9. The van der Waals surface area contributed by atoms with Crippen LogP contribution in [0.5, 0.6) is 5.75 Å². The highest BCUT2D eigenvalue weighted by Gasteiger charge is 2.13. The van der Waals surface area contributed by atoms with E-state index in [1.807, 2.05) is 11.9 Å². The van der Waals surface area contributed by atoms with Crippen LogP contribution < -0.4 is 15.4 Å². The predicted molar refractivity (Wildman–Crippen MR) is 82.5 cm³/mol. The lowest BCUT2D eigenvalue weighted by Gasteiger charge is -2.23. The van der Waals surface area contributed by atoms with E-state index in [2.05, 4.69) is 0 Å². The van der Waals surface area contributed by atoms with Crippen molar-refractivity contribution >= 4 is 11.5 Å². The van der Waals surface area contributed by atoms with Gasteiger partial charge in [0.25, 0.3) is 0 Å². The number of anilines is 1. The lowest BCUT2D eigenvalue weighted by molar-refractivity contribution is 0.415. The number of amidine groups is 1. The van der Waals surface area contributed by atoms with Crippen LogP contribution in [0.1, 0.15) is 11.1 Å². The number of nitrogens with zero attached hydrogens (tertiary/aromatic N) is 1. The second-order valence-electron chi connectivity index (χ2n) is 4.74. The number of nitrogens with two attached hydrogens (primary N) is 1. The number of hydrogen-bond donors (Lipinski definition) is 2. The highest BCUT2D eigenvalue weighted by Crippen LogP contribution is 2.26. The van der Waals surface area contributed by atoms with Crippen molar-refractivity contribution in [2.75, 3.05) is 19.1 Å². The van der Waals surface area contributed by atoms with Gasteiger partial charge in [0.05, 0.1) is 12.8 Å². The zero-order chi connectivity index (χ0) is 15.4. The minimum absolute atomic E-state index is 0.0342. The largest absolute Gasteiger partial charge is 0.497 e. The summed E-state index contributed by atoms with van der Waals surface area (Å²) in [6.45, 7) is 0.375. The van der Waals surface area contributed by atoms with Crippen LogP contribution in [0.4, 0.5) is 10.1 Å². The summed E-state index contributed by atoms with van der Waals surface area (Å²) in [5, 5.41) is 7.66. The van der Waals surface area contributed by atoms with E-state index in [9.17, 15) is 4.39 Å². The van der Waals surface area contributed by atoms with Crippen LogP contribution in [-0.2, 0) is 6.54 Å². The quantitative estimate of drug-likeness (QED) is 0.656. The maximum Gasteiger partial charge on any atom is 0.128 e. The maximum absolute atomic E-state index is 13.8. The van der Waals surface area contributed by atoms with Crippen LogP contribution in [0.25, 0.3) is 0 Å². The molecule has 0 aliphatic carbocycles. The lowest BCUT2D eigenvalue weighted by Crippen LogP contribution is -2.22. The first kappa shape index (κ1) is 14.8. The number of benzene rings is 2. The molecule has 0 aliphatic rings. The molecule has 2 rings (SSSR count). The molecule has 110 valence electrons. The summed E-state index contributed by atoms with van der Waals surface area (Å²) in [6.07, 6.45) is 0. The van der Waals surface area contributed by atoms with Crippen molar-refractivity contribution in [1.82, 2.24) is 0 Å². The summed E-state index contributed by atoms with van der Waals surface area (Å²) in [7, 11) is 3.40. The Bertz CT molecular complexity index is 658. The van der Waals surface area contributed by atoms with Crippen LogP contribution >= 0.6 is 0 Å². The molecular weight excluding hydrogens is 269 g/mol. The molecule has 0 aliphatic heterocycles. The Kier molecular flexibility index (Phi) is 4.42. The van der Waals surface area contributed by atoms with Crippen LogP contribution in [0.15, 0.2) is 42.5 Å². The van der Waals surface area contributed by atoms with Gasteiger partial charge in [0.2, 0.25) is 0 Å². The van der Waals surface area contributed by atoms with Crippen molar-refractivity contribution < 1.29 is 9.13 Å². The van der Waals surface area contributed by atoms with Gasteiger partial charge in [-0.2, -0.15) is 0 Å². The lowest BCUT2D eigenvalue weighted by atomic mass is 10.1. The van der Waals surface area contributed by atoms with Crippen molar-refractivity contribution in [3.05, 3.63) is 59.4 Å². The third-order valence-corrected chi connectivity index (χ3v) is 3.27. The molecule has 0 radical (unpaired) electrons. The fourth-order valence-corrected chi connectivity index (χ4v) is 2.15. The Balaban J connectivity index is 2.35. The Hall–Kier alpha value is -2.56. The topological polar surface area (TPSA) is 62.3 Å². The number of methoxy groups -OCH3 is 1. The second-order valence-corrected chi connectivity index (χ2v) is 4.74. The Morgan fingerprint density at radius 3 is 2.62 bits per heavy atom. The Labute approximate surface area is 123 Å². The van der Waals surface area contributed by atoms with E-state index in [1.54, 1.807) is 43.5 Å². The maximum atomic E-state index is 13.8. The molecule has 5 heteroatoms. The van der Waals surface area contributed by atoms with Crippen molar-refractivity contribution in [3.63, 3.8) is 0 Å². The standard InChI is InChI=1S/C16H18FN3O/c1-20(10-11-5-3-4-6-14(11)17)15-9-12(21-2)7-8-13(15)16(18)19/h3-9H,10H2,1-2H3,(H3,18,19). The van der Waals surface area contributed by atoms with E-state index >= 15 is 0 Å². The summed E-state index contributed by atoms with van der Waals surface area (Å²) < 4.78 is 19.0. The average molecular weight is 287 g/mol. The smallest absolute Gasteiger partial charge is 0.128 e. The molecule has 0 aromatic heterocycles. The fourth-order valence-electron chi connectivity index (χ4n) is 2.15. The molecule has 0 atom stereocenters. The number of nitrogens with one attached hydrogen (secondary N) is 1. The van der Waals surface area contributed by atoms with Crippen LogP contribution in [-0.4, -0.2) is 20.0 Å². The van der Waals surface area contributed by atoms with Gasteiger partial charge in [-0.1, -0.05) is 18.2 Å². The molecule has 4 nitrogen and oxygen atoms in total. The number of nitrogen functional groups attached to an aromatic ring is 1. The molecule has 0 unspecified atom stereocenters. The fraction of sp³-hybridized carbons (Fsp3) is 0.188. The van der Waals surface area contributed by atoms with Crippen molar-refractivity contribution in [2.45, 2.75) is 6.54 Å². The molecule has 0 saturated heterocycles. The van der Waals surface area contributed by atoms with Gasteiger partial charge in [0.15, 0.2) is 0 Å². The van der Waals surface area contributed by atoms with Crippen LogP contribution in [0, 0.1) is 11.2 Å². The van der Waals surface area contributed by atoms with E-state index in [4.69, 9.17) is 15.9 Å². The number of hydrogen-bond acceptors (Lipinski definition) is 3. The average Bonchev–Trinajstić information content (AvgIpc) is 2.48.